The van der Waals surface area contributed by atoms with Crippen LogP contribution in [-0.4, -0.2) is 60.6 Å². The van der Waals surface area contributed by atoms with Gasteiger partial charge in [-0.25, -0.2) is 8.42 Å². The van der Waals surface area contributed by atoms with E-state index in [1.165, 1.54) is 16.6 Å². The largest absolute Gasteiger partial charge is 0.356 e. The summed E-state index contributed by atoms with van der Waals surface area (Å²) < 4.78 is 27.8. The third-order valence-electron chi connectivity index (χ3n) is 6.19. The number of hydrogen-bond donors (Lipinski definition) is 2. The Morgan fingerprint density at radius 3 is 2.62 bits per heavy atom. The van der Waals surface area contributed by atoms with Crippen molar-refractivity contribution in [1.29, 1.82) is 0 Å². The summed E-state index contributed by atoms with van der Waals surface area (Å²) >= 11 is 1.57. The Bertz CT molecular complexity index is 1020. The zero-order chi connectivity index (χ0) is 22.6. The van der Waals surface area contributed by atoms with E-state index in [9.17, 15) is 18.0 Å². The molecule has 0 saturated carbocycles. The van der Waals surface area contributed by atoms with E-state index in [1.54, 1.807) is 16.2 Å². The highest BCUT2D eigenvalue weighted by atomic mass is 32.2. The zero-order valence-corrected chi connectivity index (χ0v) is 19.7. The van der Waals surface area contributed by atoms with Crippen molar-refractivity contribution in [1.82, 2.24) is 19.5 Å². The first-order chi connectivity index (χ1) is 15.4. The van der Waals surface area contributed by atoms with Gasteiger partial charge < -0.3 is 15.2 Å². The maximum Gasteiger partial charge on any atom is 0.270 e. The molecule has 2 amide bonds. The second-order valence-electron chi connectivity index (χ2n) is 8.45. The van der Waals surface area contributed by atoms with Crippen LogP contribution in [0.4, 0.5) is 0 Å². The van der Waals surface area contributed by atoms with Crippen molar-refractivity contribution in [3.63, 3.8) is 0 Å². The summed E-state index contributed by atoms with van der Waals surface area (Å²) in [7, 11) is -3.78. The molecule has 1 atom stereocenters. The number of carbonyl (C=O) groups excluding carboxylic acids is 2. The molecular weight excluding hydrogens is 448 g/mol. The number of aromatic nitrogens is 1. The minimum absolute atomic E-state index is 0.0790. The predicted molar refractivity (Wildman–Crippen MR) is 123 cm³/mol. The van der Waals surface area contributed by atoms with Gasteiger partial charge in [-0.05, 0) is 43.2 Å². The van der Waals surface area contributed by atoms with Gasteiger partial charge in [0.1, 0.15) is 10.6 Å². The van der Waals surface area contributed by atoms with Crippen LogP contribution in [0.2, 0.25) is 0 Å². The van der Waals surface area contributed by atoms with Crippen LogP contribution in [0.25, 0.3) is 0 Å². The molecule has 8 nitrogen and oxygen atoms in total. The van der Waals surface area contributed by atoms with Gasteiger partial charge in [-0.3, -0.25) is 9.59 Å². The molecule has 2 aliphatic rings. The van der Waals surface area contributed by atoms with E-state index in [-0.39, 0.29) is 29.2 Å². The molecule has 2 N–H and O–H groups in total. The Labute approximate surface area is 193 Å². The Morgan fingerprint density at radius 2 is 1.91 bits per heavy atom. The number of aromatic amines is 1. The number of hydrogen-bond acceptors (Lipinski definition) is 5. The van der Waals surface area contributed by atoms with Crippen LogP contribution in [0.3, 0.4) is 0 Å². The fourth-order valence-corrected chi connectivity index (χ4v) is 6.51. The van der Waals surface area contributed by atoms with Gasteiger partial charge in [-0.15, -0.1) is 11.3 Å². The molecule has 174 valence electrons. The lowest BCUT2D eigenvalue weighted by Gasteiger charge is -2.30. The number of likely N-dealkylation sites (tertiary alicyclic amines) is 1. The highest BCUT2D eigenvalue weighted by Gasteiger charge is 2.34. The Morgan fingerprint density at radius 1 is 1.12 bits per heavy atom. The zero-order valence-electron chi connectivity index (χ0n) is 18.1. The maximum atomic E-state index is 13.2. The second-order valence-corrected chi connectivity index (χ2v) is 11.4. The molecule has 2 aliphatic heterocycles. The Kier molecular flexibility index (Phi) is 7.32. The van der Waals surface area contributed by atoms with E-state index in [0.29, 0.717) is 44.7 Å². The Hall–Kier alpha value is -2.17. The molecule has 0 bridgehead atoms. The molecule has 2 aromatic rings. The fraction of sp³-hybridized carbons (Fsp3) is 0.545. The molecule has 4 rings (SSSR count). The third-order valence-corrected chi connectivity index (χ3v) is 8.91. The number of H-pyrrole nitrogens is 1. The lowest BCUT2D eigenvalue weighted by atomic mass is 9.99. The summed E-state index contributed by atoms with van der Waals surface area (Å²) in [6, 6.07) is 5.33. The standard InChI is InChI=1S/C22H30N4O4S2/c27-21(24-14-18-8-6-12-31-18)17-7-5-11-26(16-17)32(29,30)19-13-20(23-15-19)22(28)25-9-3-1-2-4-10-25/h6,8,12-13,15,17,23H,1-5,7,9-11,14,16H2,(H,24,27)/t17-/m0/s1. The molecule has 2 fully saturated rings. The van der Waals surface area contributed by atoms with Crippen LogP contribution < -0.4 is 5.32 Å². The van der Waals surface area contributed by atoms with E-state index in [0.717, 1.165) is 30.6 Å². The minimum atomic E-state index is -3.78. The topological polar surface area (TPSA) is 103 Å². The highest BCUT2D eigenvalue weighted by Crippen LogP contribution is 2.25. The third kappa shape index (κ3) is 5.24. The van der Waals surface area contributed by atoms with Gasteiger partial charge in [0, 0.05) is 37.3 Å². The number of thiophene rings is 1. The lowest BCUT2D eigenvalue weighted by Crippen LogP contribution is -2.45. The van der Waals surface area contributed by atoms with Crippen molar-refractivity contribution in [2.45, 2.75) is 50.0 Å². The second kappa shape index (κ2) is 10.2. The van der Waals surface area contributed by atoms with E-state index in [2.05, 4.69) is 10.3 Å². The average Bonchev–Trinajstić information content (AvgIpc) is 3.44. The van der Waals surface area contributed by atoms with Crippen LogP contribution in [-0.2, 0) is 21.4 Å². The SMILES string of the molecule is O=C(NCc1cccs1)[C@H]1CCCN(S(=O)(=O)c2c[nH]c(C(=O)N3CCCCCC3)c2)C1. The van der Waals surface area contributed by atoms with Gasteiger partial charge in [0.15, 0.2) is 0 Å². The first-order valence-electron chi connectivity index (χ1n) is 11.2. The lowest BCUT2D eigenvalue weighted by molar-refractivity contribution is -0.126. The van der Waals surface area contributed by atoms with Crippen molar-refractivity contribution < 1.29 is 18.0 Å². The highest BCUT2D eigenvalue weighted by molar-refractivity contribution is 7.89. The molecule has 2 aromatic heterocycles. The van der Waals surface area contributed by atoms with Gasteiger partial charge >= 0.3 is 0 Å². The summed E-state index contributed by atoms with van der Waals surface area (Å²) in [5.41, 5.74) is 0.299. The van der Waals surface area contributed by atoms with E-state index in [4.69, 9.17) is 0 Å². The first-order valence-corrected chi connectivity index (χ1v) is 13.5. The number of nitrogens with one attached hydrogen (secondary N) is 2. The molecule has 0 radical (unpaired) electrons. The molecule has 0 spiro atoms. The molecule has 0 aromatic carbocycles. The molecular formula is C22H30N4O4S2. The number of amides is 2. The smallest absolute Gasteiger partial charge is 0.270 e. The van der Waals surface area contributed by atoms with Crippen molar-refractivity contribution in [2.75, 3.05) is 26.2 Å². The Balaban J connectivity index is 1.40. The predicted octanol–water partition coefficient (Wildman–Crippen LogP) is 2.81. The van der Waals surface area contributed by atoms with Gasteiger partial charge in [0.25, 0.3) is 5.91 Å². The number of nitrogens with zero attached hydrogens (tertiary/aromatic N) is 2. The van der Waals surface area contributed by atoms with Crippen LogP contribution in [0.5, 0.6) is 0 Å². The summed E-state index contributed by atoms with van der Waals surface area (Å²) in [6.07, 6.45) is 6.86. The van der Waals surface area contributed by atoms with Crippen LogP contribution in [0.1, 0.15) is 53.9 Å². The average molecular weight is 479 g/mol. The summed E-state index contributed by atoms with van der Waals surface area (Å²) in [6.45, 7) is 2.39. The maximum absolute atomic E-state index is 13.2. The van der Waals surface area contributed by atoms with Crippen molar-refractivity contribution in [3.8, 4) is 0 Å². The van der Waals surface area contributed by atoms with Gasteiger partial charge in [0.2, 0.25) is 15.9 Å². The van der Waals surface area contributed by atoms with Crippen LogP contribution in [0.15, 0.2) is 34.7 Å². The molecule has 0 unspecified atom stereocenters. The van der Waals surface area contributed by atoms with Crippen molar-refractivity contribution in [2.24, 2.45) is 5.92 Å². The van der Waals surface area contributed by atoms with Crippen LogP contribution in [0, 0.1) is 5.92 Å². The fourth-order valence-electron chi connectivity index (χ4n) is 4.35. The first kappa shape index (κ1) is 23.0. The number of carbonyl (C=O) groups is 2. The van der Waals surface area contributed by atoms with Crippen molar-refractivity contribution in [3.05, 3.63) is 40.3 Å². The van der Waals surface area contributed by atoms with E-state index in [1.807, 2.05) is 17.5 Å². The number of rotatable bonds is 6. The number of sulfonamides is 1. The normalized spacial score (nSPS) is 20.6. The van der Waals surface area contributed by atoms with E-state index >= 15 is 0 Å². The van der Waals surface area contributed by atoms with E-state index < -0.39 is 10.0 Å². The molecule has 10 heteroatoms. The van der Waals surface area contributed by atoms with Gasteiger partial charge in [-0.1, -0.05) is 18.9 Å². The molecule has 0 aliphatic carbocycles. The molecule has 32 heavy (non-hydrogen) atoms. The van der Waals surface area contributed by atoms with Crippen LogP contribution >= 0.6 is 11.3 Å². The van der Waals surface area contributed by atoms with Gasteiger partial charge in [0.05, 0.1) is 12.5 Å². The monoisotopic (exact) mass is 478 g/mol. The van der Waals surface area contributed by atoms with Gasteiger partial charge in [-0.2, -0.15) is 4.31 Å². The quantitative estimate of drug-likeness (QED) is 0.666. The van der Waals surface area contributed by atoms with Crippen molar-refractivity contribution >= 4 is 33.2 Å². The molecule has 2 saturated heterocycles. The minimum Gasteiger partial charge on any atom is -0.356 e. The molecule has 4 heterocycles. The summed E-state index contributed by atoms with van der Waals surface area (Å²) in [5.74, 6) is -0.655. The summed E-state index contributed by atoms with van der Waals surface area (Å²) in [5, 5.41) is 4.88. The summed E-state index contributed by atoms with van der Waals surface area (Å²) in [4.78, 5) is 31.2. The number of piperidine rings is 1.